The Morgan fingerprint density at radius 2 is 1.73 bits per heavy atom. The molecule has 1 aliphatic rings. The van der Waals surface area contributed by atoms with Crippen molar-refractivity contribution in [2.24, 2.45) is 0 Å². The molecule has 1 fully saturated rings. The van der Waals surface area contributed by atoms with Crippen molar-refractivity contribution in [1.29, 1.82) is 0 Å². The first kappa shape index (κ1) is 26.8. The van der Waals surface area contributed by atoms with Crippen LogP contribution >= 0.6 is 0 Å². The molecule has 0 atom stereocenters. The Labute approximate surface area is 232 Å². The standard InChI is InChI=1S/C30H21N3O8/c1-40-29(36)20-9-12-21(13-10-20)32-28(35)25(27(34)31-30(32)37)16-24-23-8-3-2-6-19(23)11-14-26(24)41-17-18-5-4-7-22(15-18)33(38)39/h2-16H,17H2,1H3,(H,31,34,37)/b25-16+. The summed E-state index contributed by atoms with van der Waals surface area (Å²) < 4.78 is 10.7. The van der Waals surface area contributed by atoms with E-state index in [0.29, 0.717) is 22.3 Å². The lowest BCUT2D eigenvalue weighted by Crippen LogP contribution is -2.54. The highest BCUT2D eigenvalue weighted by Crippen LogP contribution is 2.32. The second kappa shape index (κ2) is 11.1. The van der Waals surface area contributed by atoms with Crippen LogP contribution in [0.1, 0.15) is 21.5 Å². The van der Waals surface area contributed by atoms with Crippen LogP contribution in [0.15, 0.2) is 90.5 Å². The van der Waals surface area contributed by atoms with Crippen LogP contribution in [0.4, 0.5) is 16.2 Å². The molecule has 4 aromatic carbocycles. The molecule has 1 heterocycles. The summed E-state index contributed by atoms with van der Waals surface area (Å²) in [4.78, 5) is 62.3. The second-order valence-corrected chi connectivity index (χ2v) is 8.91. The highest BCUT2D eigenvalue weighted by molar-refractivity contribution is 6.39. The van der Waals surface area contributed by atoms with Gasteiger partial charge in [0.15, 0.2) is 0 Å². The molecule has 11 heteroatoms. The van der Waals surface area contributed by atoms with Crippen LogP contribution in [0, 0.1) is 10.1 Å². The monoisotopic (exact) mass is 551 g/mol. The van der Waals surface area contributed by atoms with E-state index in [9.17, 15) is 29.3 Å². The van der Waals surface area contributed by atoms with E-state index >= 15 is 0 Å². The van der Waals surface area contributed by atoms with Gasteiger partial charge in [0, 0.05) is 17.7 Å². The number of fused-ring (bicyclic) bond motifs is 1. The van der Waals surface area contributed by atoms with E-state index in [2.05, 4.69) is 10.1 Å². The molecule has 41 heavy (non-hydrogen) atoms. The number of hydrogen-bond donors (Lipinski definition) is 1. The maximum Gasteiger partial charge on any atom is 0.337 e. The molecule has 1 aliphatic heterocycles. The number of imide groups is 2. The Bertz CT molecular complexity index is 1760. The maximum absolute atomic E-state index is 13.5. The highest BCUT2D eigenvalue weighted by Gasteiger charge is 2.37. The number of nitrogens with one attached hydrogen (secondary N) is 1. The number of hydrogen-bond acceptors (Lipinski definition) is 8. The molecule has 0 saturated carbocycles. The number of methoxy groups -OCH3 is 1. The lowest BCUT2D eigenvalue weighted by molar-refractivity contribution is -0.384. The fraction of sp³-hybridized carbons (Fsp3) is 0.0667. The smallest absolute Gasteiger partial charge is 0.337 e. The molecule has 1 N–H and O–H groups in total. The number of carbonyl (C=O) groups is 4. The van der Waals surface area contributed by atoms with Gasteiger partial charge < -0.3 is 9.47 Å². The van der Waals surface area contributed by atoms with Gasteiger partial charge in [-0.2, -0.15) is 0 Å². The minimum absolute atomic E-state index is 0.0203. The zero-order valence-corrected chi connectivity index (χ0v) is 21.5. The Balaban J connectivity index is 1.53. The quantitative estimate of drug-likeness (QED) is 0.114. The van der Waals surface area contributed by atoms with Gasteiger partial charge >= 0.3 is 12.0 Å². The topological polar surface area (TPSA) is 145 Å². The molecular formula is C30H21N3O8. The molecule has 0 unspecified atom stereocenters. The minimum atomic E-state index is -0.942. The van der Waals surface area contributed by atoms with E-state index in [0.717, 1.165) is 10.3 Å². The summed E-state index contributed by atoms with van der Waals surface area (Å²) in [6.45, 7) is -0.0203. The van der Waals surface area contributed by atoms with Crippen molar-refractivity contribution in [1.82, 2.24) is 5.32 Å². The third-order valence-corrected chi connectivity index (χ3v) is 6.38. The number of urea groups is 1. The molecule has 0 bridgehead atoms. The van der Waals surface area contributed by atoms with Crippen molar-refractivity contribution in [2.75, 3.05) is 12.0 Å². The van der Waals surface area contributed by atoms with Crippen molar-refractivity contribution in [2.45, 2.75) is 6.61 Å². The molecule has 1 saturated heterocycles. The van der Waals surface area contributed by atoms with E-state index in [1.54, 1.807) is 30.3 Å². The van der Waals surface area contributed by atoms with E-state index in [1.807, 2.05) is 18.2 Å². The summed E-state index contributed by atoms with van der Waals surface area (Å²) in [5.41, 5.74) is 0.902. The van der Waals surface area contributed by atoms with Crippen LogP contribution in [0.3, 0.4) is 0 Å². The number of ether oxygens (including phenoxy) is 2. The van der Waals surface area contributed by atoms with Crippen molar-refractivity contribution in [3.8, 4) is 5.75 Å². The van der Waals surface area contributed by atoms with Crippen molar-refractivity contribution >= 4 is 52.0 Å². The fourth-order valence-electron chi connectivity index (χ4n) is 4.37. The van der Waals surface area contributed by atoms with Gasteiger partial charge in [-0.3, -0.25) is 25.0 Å². The van der Waals surface area contributed by atoms with Gasteiger partial charge in [-0.1, -0.05) is 42.5 Å². The van der Waals surface area contributed by atoms with E-state index in [4.69, 9.17) is 4.74 Å². The normalized spacial score (nSPS) is 14.2. The molecule has 0 radical (unpaired) electrons. The third-order valence-electron chi connectivity index (χ3n) is 6.38. The number of non-ortho nitro benzene ring substituents is 1. The average Bonchev–Trinajstić information content (AvgIpc) is 2.98. The molecule has 204 valence electrons. The maximum atomic E-state index is 13.5. The largest absolute Gasteiger partial charge is 0.488 e. The number of amides is 4. The van der Waals surface area contributed by atoms with Gasteiger partial charge in [0.2, 0.25) is 0 Å². The molecule has 0 spiro atoms. The number of nitro groups is 1. The molecule has 0 aromatic heterocycles. The zero-order chi connectivity index (χ0) is 29.1. The lowest BCUT2D eigenvalue weighted by Gasteiger charge is -2.26. The SMILES string of the molecule is COC(=O)c1ccc(N2C(=O)NC(=O)/C(=C\c3c(OCc4cccc([N+](=O)[O-])c4)ccc4ccccc34)C2=O)cc1. The van der Waals surface area contributed by atoms with Gasteiger partial charge in [-0.25, -0.2) is 14.5 Å². The summed E-state index contributed by atoms with van der Waals surface area (Å²) in [6, 6.07) is 21.4. The van der Waals surface area contributed by atoms with Crippen molar-refractivity contribution in [3.05, 3.63) is 117 Å². The van der Waals surface area contributed by atoms with Crippen LogP contribution in [0.2, 0.25) is 0 Å². The summed E-state index contributed by atoms with van der Waals surface area (Å²) in [5, 5.41) is 14.8. The van der Waals surface area contributed by atoms with Crippen molar-refractivity contribution in [3.63, 3.8) is 0 Å². The Hall–Kier alpha value is -5.84. The minimum Gasteiger partial charge on any atom is -0.488 e. The Kier molecular flexibility index (Phi) is 7.25. The first-order valence-corrected chi connectivity index (χ1v) is 12.2. The first-order valence-electron chi connectivity index (χ1n) is 12.2. The molecular weight excluding hydrogens is 530 g/mol. The van der Waals surface area contributed by atoms with Gasteiger partial charge in [0.25, 0.3) is 17.5 Å². The Morgan fingerprint density at radius 1 is 0.976 bits per heavy atom. The number of nitro benzene ring substituents is 1. The fourth-order valence-corrected chi connectivity index (χ4v) is 4.37. The summed E-state index contributed by atoms with van der Waals surface area (Å²) in [6.07, 6.45) is 1.35. The number of carbonyl (C=O) groups excluding carboxylic acids is 4. The number of benzene rings is 4. The number of esters is 1. The van der Waals surface area contributed by atoms with Gasteiger partial charge in [-0.15, -0.1) is 0 Å². The molecule has 4 aromatic rings. The molecule has 11 nitrogen and oxygen atoms in total. The van der Waals surface area contributed by atoms with Gasteiger partial charge in [0.05, 0.1) is 23.3 Å². The highest BCUT2D eigenvalue weighted by atomic mass is 16.6. The lowest BCUT2D eigenvalue weighted by atomic mass is 9.99. The predicted molar refractivity (Wildman–Crippen MR) is 148 cm³/mol. The summed E-state index contributed by atoms with van der Waals surface area (Å²) >= 11 is 0. The van der Waals surface area contributed by atoms with Crippen LogP contribution < -0.4 is 15.0 Å². The number of rotatable bonds is 7. The van der Waals surface area contributed by atoms with Gasteiger partial charge in [-0.05, 0) is 52.7 Å². The zero-order valence-electron chi connectivity index (χ0n) is 21.5. The molecule has 5 rings (SSSR count). The van der Waals surface area contributed by atoms with Crippen LogP contribution in [-0.4, -0.2) is 35.8 Å². The average molecular weight is 552 g/mol. The first-order chi connectivity index (χ1) is 19.8. The predicted octanol–water partition coefficient (Wildman–Crippen LogP) is 4.78. The second-order valence-electron chi connectivity index (χ2n) is 8.91. The van der Waals surface area contributed by atoms with E-state index in [-0.39, 0.29) is 29.1 Å². The summed E-state index contributed by atoms with van der Waals surface area (Å²) in [5.74, 6) is -2.04. The molecule has 4 amide bonds. The number of anilines is 1. The van der Waals surface area contributed by atoms with Crippen molar-refractivity contribution < 1.29 is 33.6 Å². The van der Waals surface area contributed by atoms with Crippen LogP contribution in [0.25, 0.3) is 16.8 Å². The van der Waals surface area contributed by atoms with E-state index in [1.165, 1.54) is 49.6 Å². The van der Waals surface area contributed by atoms with E-state index < -0.39 is 28.7 Å². The third kappa shape index (κ3) is 5.36. The van der Waals surface area contributed by atoms with Crippen LogP contribution in [-0.2, 0) is 20.9 Å². The summed E-state index contributed by atoms with van der Waals surface area (Å²) in [7, 11) is 1.23. The number of nitrogens with zero attached hydrogens (tertiary/aromatic N) is 2. The number of barbiturate groups is 1. The Morgan fingerprint density at radius 3 is 2.46 bits per heavy atom. The van der Waals surface area contributed by atoms with Gasteiger partial charge in [0.1, 0.15) is 17.9 Å². The molecule has 0 aliphatic carbocycles. The van der Waals surface area contributed by atoms with Crippen LogP contribution in [0.5, 0.6) is 5.75 Å².